The average Bonchev–Trinajstić information content (AvgIpc) is 2.64. The molecule has 1 saturated carbocycles. The highest BCUT2D eigenvalue weighted by Gasteiger charge is 2.60. The van der Waals surface area contributed by atoms with E-state index in [4.69, 9.17) is 5.11 Å². The molecule has 0 spiro atoms. The van der Waals surface area contributed by atoms with Crippen LogP contribution in [0.25, 0.3) is 0 Å². The van der Waals surface area contributed by atoms with Crippen LogP contribution in [0, 0.1) is 17.3 Å². The zero-order chi connectivity index (χ0) is 10.9. The van der Waals surface area contributed by atoms with Crippen LogP contribution in [0.15, 0.2) is 12.2 Å². The molecular weight excluding hydrogens is 184 g/mol. The van der Waals surface area contributed by atoms with Crippen molar-refractivity contribution in [2.75, 3.05) is 7.11 Å². The summed E-state index contributed by atoms with van der Waals surface area (Å²) in [5.41, 5.74) is -0.254. The van der Waals surface area contributed by atoms with Crippen molar-refractivity contribution < 1.29 is 19.4 Å². The Bertz CT molecular complexity index is 290. The molecule has 1 rings (SSSR count). The molecule has 0 aliphatic heterocycles. The molecule has 0 saturated heterocycles. The van der Waals surface area contributed by atoms with E-state index in [0.717, 1.165) is 0 Å². The number of carboxylic acid groups (broad SMARTS) is 1. The first kappa shape index (κ1) is 10.8. The van der Waals surface area contributed by atoms with Crippen molar-refractivity contribution in [1.82, 2.24) is 0 Å². The monoisotopic (exact) mass is 198 g/mol. The van der Waals surface area contributed by atoms with Crippen LogP contribution in [0.2, 0.25) is 0 Å². The molecule has 1 aliphatic carbocycles. The fourth-order valence-electron chi connectivity index (χ4n) is 1.76. The number of ether oxygens (including phenoxy) is 1. The lowest BCUT2D eigenvalue weighted by molar-refractivity contribution is -0.139. The first-order valence-electron chi connectivity index (χ1n) is 4.40. The molecule has 0 bridgehead atoms. The van der Waals surface area contributed by atoms with Crippen LogP contribution in [0.1, 0.15) is 13.8 Å². The number of aliphatic carboxylic acids is 1. The predicted octanol–water partition coefficient (Wildman–Crippen LogP) is 1.07. The summed E-state index contributed by atoms with van der Waals surface area (Å²) in [5, 5.41) is 8.83. The highest BCUT2D eigenvalue weighted by atomic mass is 16.5. The van der Waals surface area contributed by atoms with E-state index in [0.29, 0.717) is 0 Å². The molecule has 0 aromatic heterocycles. The van der Waals surface area contributed by atoms with Gasteiger partial charge >= 0.3 is 11.9 Å². The Labute approximate surface area is 82.6 Å². The molecule has 0 unspecified atom stereocenters. The minimum Gasteiger partial charge on any atom is -0.481 e. The number of methoxy groups -OCH3 is 1. The smallest absolute Gasteiger partial charge is 0.330 e. The van der Waals surface area contributed by atoms with Crippen LogP contribution >= 0.6 is 0 Å². The summed E-state index contributed by atoms with van der Waals surface area (Å²) in [6, 6.07) is 0. The maximum Gasteiger partial charge on any atom is 0.330 e. The van der Waals surface area contributed by atoms with E-state index in [1.807, 2.05) is 13.8 Å². The zero-order valence-electron chi connectivity index (χ0n) is 8.48. The number of allylic oxidation sites excluding steroid dienone is 1. The molecule has 0 aromatic carbocycles. The molecule has 0 heterocycles. The second-order valence-corrected chi connectivity index (χ2v) is 4.05. The fourth-order valence-corrected chi connectivity index (χ4v) is 1.76. The lowest BCUT2D eigenvalue weighted by Crippen LogP contribution is -2.03. The average molecular weight is 198 g/mol. The molecule has 1 N–H and O–H groups in total. The van der Waals surface area contributed by atoms with Gasteiger partial charge in [-0.3, -0.25) is 4.79 Å². The van der Waals surface area contributed by atoms with Gasteiger partial charge in [0, 0.05) is 6.08 Å². The third-order valence-corrected chi connectivity index (χ3v) is 2.82. The lowest BCUT2D eigenvalue weighted by Gasteiger charge is -1.96. The van der Waals surface area contributed by atoms with E-state index < -0.39 is 11.9 Å². The Morgan fingerprint density at radius 3 is 2.36 bits per heavy atom. The van der Waals surface area contributed by atoms with Crippen molar-refractivity contribution in [2.24, 2.45) is 17.3 Å². The van der Waals surface area contributed by atoms with Gasteiger partial charge in [-0.1, -0.05) is 19.9 Å². The van der Waals surface area contributed by atoms with Gasteiger partial charge in [-0.05, 0) is 11.3 Å². The second kappa shape index (κ2) is 3.44. The summed E-state index contributed by atoms with van der Waals surface area (Å²) < 4.78 is 4.42. The van der Waals surface area contributed by atoms with Crippen molar-refractivity contribution in [3.8, 4) is 0 Å². The SMILES string of the molecule is COC(=O)/C=C/[C@@H]1[C@@H](C(=O)O)C1(C)C. The van der Waals surface area contributed by atoms with Crippen LogP contribution in [0.5, 0.6) is 0 Å². The molecular formula is C10H14O4. The van der Waals surface area contributed by atoms with Gasteiger partial charge in [0.25, 0.3) is 0 Å². The van der Waals surface area contributed by atoms with E-state index >= 15 is 0 Å². The van der Waals surface area contributed by atoms with Crippen molar-refractivity contribution in [1.29, 1.82) is 0 Å². The molecule has 4 heteroatoms. The molecule has 78 valence electrons. The van der Waals surface area contributed by atoms with Crippen LogP contribution in [0.4, 0.5) is 0 Å². The molecule has 1 aliphatic rings. The van der Waals surface area contributed by atoms with E-state index in [1.54, 1.807) is 6.08 Å². The van der Waals surface area contributed by atoms with Crippen LogP contribution in [-0.4, -0.2) is 24.2 Å². The van der Waals surface area contributed by atoms with Gasteiger partial charge in [-0.25, -0.2) is 4.79 Å². The molecule has 0 radical (unpaired) electrons. The Morgan fingerprint density at radius 1 is 1.43 bits per heavy atom. The Morgan fingerprint density at radius 2 is 2.00 bits per heavy atom. The second-order valence-electron chi connectivity index (χ2n) is 4.05. The van der Waals surface area contributed by atoms with E-state index in [-0.39, 0.29) is 17.3 Å². The molecule has 14 heavy (non-hydrogen) atoms. The Hall–Kier alpha value is -1.32. The van der Waals surface area contributed by atoms with Crippen molar-refractivity contribution in [3.63, 3.8) is 0 Å². The van der Waals surface area contributed by atoms with Gasteiger partial charge in [0.15, 0.2) is 0 Å². The number of hydrogen-bond acceptors (Lipinski definition) is 3. The minimum atomic E-state index is -0.811. The third-order valence-electron chi connectivity index (χ3n) is 2.82. The van der Waals surface area contributed by atoms with Crippen LogP contribution in [0.3, 0.4) is 0 Å². The summed E-state index contributed by atoms with van der Waals surface area (Å²) >= 11 is 0. The topological polar surface area (TPSA) is 63.6 Å². The number of carboxylic acids is 1. The van der Waals surface area contributed by atoms with Gasteiger partial charge in [0.05, 0.1) is 13.0 Å². The summed E-state index contributed by atoms with van der Waals surface area (Å²) in [4.78, 5) is 21.5. The maximum absolute atomic E-state index is 10.8. The molecule has 1 fully saturated rings. The van der Waals surface area contributed by atoms with E-state index in [2.05, 4.69) is 4.74 Å². The highest BCUT2D eigenvalue weighted by Crippen LogP contribution is 2.58. The van der Waals surface area contributed by atoms with Crippen molar-refractivity contribution >= 4 is 11.9 Å². The molecule has 0 aromatic rings. The van der Waals surface area contributed by atoms with E-state index in [9.17, 15) is 9.59 Å². The van der Waals surface area contributed by atoms with Crippen LogP contribution in [-0.2, 0) is 14.3 Å². The predicted molar refractivity (Wildman–Crippen MR) is 49.6 cm³/mol. The summed E-state index contributed by atoms with van der Waals surface area (Å²) in [5.74, 6) is -1.71. The van der Waals surface area contributed by atoms with Gasteiger partial charge in [-0.2, -0.15) is 0 Å². The van der Waals surface area contributed by atoms with Gasteiger partial charge in [0.1, 0.15) is 0 Å². The first-order valence-corrected chi connectivity index (χ1v) is 4.40. The molecule has 2 atom stereocenters. The summed E-state index contributed by atoms with van der Waals surface area (Å²) in [7, 11) is 1.29. The standard InChI is InChI=1S/C10H14O4/c1-10(2)6(8(10)9(12)13)4-5-7(11)14-3/h4-6,8H,1-3H3,(H,12,13)/b5-4+/t6-,8+/m1/s1. The number of hydrogen-bond donors (Lipinski definition) is 1. The van der Waals surface area contributed by atoms with Crippen molar-refractivity contribution in [2.45, 2.75) is 13.8 Å². The summed E-state index contributed by atoms with van der Waals surface area (Å²) in [6.07, 6.45) is 2.90. The van der Waals surface area contributed by atoms with Crippen molar-refractivity contribution in [3.05, 3.63) is 12.2 Å². The normalized spacial score (nSPS) is 28.8. The van der Waals surface area contributed by atoms with E-state index in [1.165, 1.54) is 13.2 Å². The zero-order valence-corrected chi connectivity index (χ0v) is 8.48. The van der Waals surface area contributed by atoms with Gasteiger partial charge in [-0.15, -0.1) is 0 Å². The Balaban J connectivity index is 2.61. The lowest BCUT2D eigenvalue weighted by atomic mass is 10.1. The van der Waals surface area contributed by atoms with Gasteiger partial charge in [0.2, 0.25) is 0 Å². The number of rotatable bonds is 3. The minimum absolute atomic E-state index is 0.0703. The molecule has 0 amide bonds. The Kier molecular flexibility index (Phi) is 2.64. The van der Waals surface area contributed by atoms with Crippen LogP contribution < -0.4 is 0 Å². The highest BCUT2D eigenvalue weighted by molar-refractivity contribution is 5.82. The fraction of sp³-hybridized carbons (Fsp3) is 0.600. The molecule has 4 nitrogen and oxygen atoms in total. The number of esters is 1. The van der Waals surface area contributed by atoms with Gasteiger partial charge < -0.3 is 9.84 Å². The first-order chi connectivity index (χ1) is 6.41. The third kappa shape index (κ3) is 1.78. The maximum atomic E-state index is 10.8. The summed E-state index contributed by atoms with van der Waals surface area (Å²) in [6.45, 7) is 3.75. The number of carbonyl (C=O) groups excluding carboxylic acids is 1. The quantitative estimate of drug-likeness (QED) is 0.544. The largest absolute Gasteiger partial charge is 0.481 e. The number of carbonyl (C=O) groups is 2.